The maximum Gasteiger partial charge on any atom is 0.338 e. The van der Waals surface area contributed by atoms with Gasteiger partial charge >= 0.3 is 5.97 Å². The number of rotatable bonds is 5. The number of nitrogens with one attached hydrogen (secondary N) is 1. The quantitative estimate of drug-likeness (QED) is 0.783. The Labute approximate surface area is 104 Å². The molecule has 1 saturated carbocycles. The van der Waals surface area contributed by atoms with Gasteiger partial charge in [0.2, 0.25) is 0 Å². The van der Waals surface area contributed by atoms with Crippen molar-refractivity contribution in [3.63, 3.8) is 0 Å². The van der Waals surface area contributed by atoms with Crippen LogP contribution in [0.15, 0.2) is 11.1 Å². The zero-order valence-corrected chi connectivity index (χ0v) is 10.5. The second-order valence-corrected chi connectivity index (χ2v) is 4.93. The van der Waals surface area contributed by atoms with E-state index in [-0.39, 0.29) is 5.56 Å². The van der Waals surface area contributed by atoms with E-state index in [1.54, 1.807) is 12.3 Å². The molecule has 0 bridgehead atoms. The van der Waals surface area contributed by atoms with Crippen molar-refractivity contribution in [2.45, 2.75) is 24.3 Å². The van der Waals surface area contributed by atoms with Crippen LogP contribution < -0.4 is 5.32 Å². The van der Waals surface area contributed by atoms with E-state index in [0.29, 0.717) is 16.8 Å². The molecular formula is C11H15N3O2S. The highest BCUT2D eigenvalue weighted by molar-refractivity contribution is 7.98. The predicted octanol–water partition coefficient (Wildman–Crippen LogP) is 2.11. The Balaban J connectivity index is 2.06. The van der Waals surface area contributed by atoms with Gasteiger partial charge in [0.05, 0.1) is 5.56 Å². The molecule has 0 saturated heterocycles. The van der Waals surface area contributed by atoms with Gasteiger partial charge in [-0.2, -0.15) is 0 Å². The third kappa shape index (κ3) is 2.88. The summed E-state index contributed by atoms with van der Waals surface area (Å²) in [6.45, 7) is 0.854. The summed E-state index contributed by atoms with van der Waals surface area (Å²) >= 11 is 1.29. The van der Waals surface area contributed by atoms with Gasteiger partial charge in [0, 0.05) is 6.54 Å². The second-order valence-electron chi connectivity index (χ2n) is 4.14. The molecule has 6 heteroatoms. The summed E-state index contributed by atoms with van der Waals surface area (Å²) in [5, 5.41) is 20.5. The van der Waals surface area contributed by atoms with Crippen LogP contribution >= 0.6 is 11.8 Å². The van der Waals surface area contributed by atoms with Crippen molar-refractivity contribution in [1.29, 1.82) is 0 Å². The second kappa shape index (κ2) is 5.35. The van der Waals surface area contributed by atoms with Crippen LogP contribution in [0.5, 0.6) is 0 Å². The summed E-state index contributed by atoms with van der Waals surface area (Å²) in [4.78, 5) is 11.0. The summed E-state index contributed by atoms with van der Waals surface area (Å²) in [7, 11) is 0. The Kier molecular flexibility index (Phi) is 3.83. The number of aromatic carboxylic acids is 1. The Bertz CT molecular complexity index is 421. The monoisotopic (exact) mass is 253 g/mol. The minimum Gasteiger partial charge on any atom is -0.478 e. The molecule has 1 aromatic rings. The molecule has 92 valence electrons. The molecule has 0 spiro atoms. The number of aromatic nitrogens is 2. The lowest BCUT2D eigenvalue weighted by Gasteiger charge is -2.25. The van der Waals surface area contributed by atoms with Crippen molar-refractivity contribution >= 4 is 23.5 Å². The zero-order valence-electron chi connectivity index (χ0n) is 9.64. The first-order valence-corrected chi connectivity index (χ1v) is 6.82. The van der Waals surface area contributed by atoms with Crippen LogP contribution in [0.4, 0.5) is 5.82 Å². The van der Waals surface area contributed by atoms with Gasteiger partial charge in [0.25, 0.3) is 0 Å². The molecule has 1 fully saturated rings. The number of carboxylic acids is 1. The Morgan fingerprint density at radius 3 is 2.88 bits per heavy atom. The van der Waals surface area contributed by atoms with Crippen molar-refractivity contribution in [1.82, 2.24) is 10.2 Å². The fraction of sp³-hybridized carbons (Fsp3) is 0.545. The largest absolute Gasteiger partial charge is 0.478 e. The Morgan fingerprint density at radius 1 is 1.59 bits per heavy atom. The molecule has 0 radical (unpaired) electrons. The Morgan fingerprint density at radius 2 is 2.35 bits per heavy atom. The van der Waals surface area contributed by atoms with Crippen molar-refractivity contribution < 1.29 is 9.90 Å². The number of carbonyl (C=O) groups is 1. The summed E-state index contributed by atoms with van der Waals surface area (Å²) in [5.74, 6) is 0.286. The van der Waals surface area contributed by atoms with Crippen LogP contribution in [0.2, 0.25) is 0 Å². The molecule has 1 aromatic heterocycles. The smallest absolute Gasteiger partial charge is 0.338 e. The standard InChI is InChI=1S/C11H15N3O2S/c1-17-10-8(11(15)16)5-9(13-14-10)12-6-7-3-2-4-7/h5,7H,2-4,6H2,1H3,(H,12,13)(H,15,16). The number of thioether (sulfide) groups is 1. The van der Waals surface area contributed by atoms with Gasteiger partial charge in [0.15, 0.2) is 0 Å². The van der Waals surface area contributed by atoms with E-state index >= 15 is 0 Å². The van der Waals surface area contributed by atoms with E-state index < -0.39 is 5.97 Å². The highest BCUT2D eigenvalue weighted by atomic mass is 32.2. The van der Waals surface area contributed by atoms with Crippen LogP contribution in [0, 0.1) is 5.92 Å². The van der Waals surface area contributed by atoms with Gasteiger partial charge < -0.3 is 10.4 Å². The highest BCUT2D eigenvalue weighted by Gasteiger charge is 2.18. The molecule has 0 amide bonds. The first kappa shape index (κ1) is 12.2. The summed E-state index contributed by atoms with van der Waals surface area (Å²) in [5.41, 5.74) is 0.212. The molecule has 0 aromatic carbocycles. The van der Waals surface area contributed by atoms with Gasteiger partial charge in [-0.25, -0.2) is 4.79 Å². The topological polar surface area (TPSA) is 75.1 Å². The maximum atomic E-state index is 11.0. The van der Waals surface area contributed by atoms with Gasteiger partial charge in [-0.3, -0.25) is 0 Å². The van der Waals surface area contributed by atoms with E-state index in [9.17, 15) is 4.79 Å². The van der Waals surface area contributed by atoms with E-state index in [1.165, 1.54) is 31.0 Å². The Hall–Kier alpha value is -1.30. The molecule has 1 aliphatic carbocycles. The number of hydrogen-bond acceptors (Lipinski definition) is 5. The lowest BCUT2D eigenvalue weighted by molar-refractivity contribution is 0.0692. The molecule has 0 unspecified atom stereocenters. The normalized spacial score (nSPS) is 15.4. The van der Waals surface area contributed by atoms with Gasteiger partial charge in [-0.1, -0.05) is 6.42 Å². The number of hydrogen-bond donors (Lipinski definition) is 2. The van der Waals surface area contributed by atoms with Crippen LogP contribution in [-0.2, 0) is 0 Å². The highest BCUT2D eigenvalue weighted by Crippen LogP contribution is 2.26. The van der Waals surface area contributed by atoms with E-state index in [0.717, 1.165) is 6.54 Å². The fourth-order valence-electron chi connectivity index (χ4n) is 1.72. The van der Waals surface area contributed by atoms with Gasteiger partial charge in [-0.15, -0.1) is 22.0 Å². The van der Waals surface area contributed by atoms with Crippen molar-refractivity contribution in [3.8, 4) is 0 Å². The zero-order chi connectivity index (χ0) is 12.3. The minimum atomic E-state index is -0.962. The number of nitrogens with zero attached hydrogens (tertiary/aromatic N) is 2. The molecule has 1 heterocycles. The van der Waals surface area contributed by atoms with Crippen molar-refractivity contribution in [2.75, 3.05) is 18.1 Å². The first-order valence-electron chi connectivity index (χ1n) is 5.59. The van der Waals surface area contributed by atoms with E-state index in [1.807, 2.05) is 0 Å². The van der Waals surface area contributed by atoms with E-state index in [4.69, 9.17) is 5.11 Å². The maximum absolute atomic E-state index is 11.0. The third-order valence-corrected chi connectivity index (χ3v) is 3.67. The molecule has 17 heavy (non-hydrogen) atoms. The van der Waals surface area contributed by atoms with Crippen molar-refractivity contribution in [3.05, 3.63) is 11.6 Å². The average molecular weight is 253 g/mol. The van der Waals surface area contributed by atoms with Gasteiger partial charge in [-0.05, 0) is 31.1 Å². The van der Waals surface area contributed by atoms with E-state index in [2.05, 4.69) is 15.5 Å². The first-order chi connectivity index (χ1) is 8.20. The molecule has 2 N–H and O–H groups in total. The number of anilines is 1. The third-order valence-electron chi connectivity index (χ3n) is 2.98. The van der Waals surface area contributed by atoms with Crippen molar-refractivity contribution in [2.24, 2.45) is 5.92 Å². The van der Waals surface area contributed by atoms with Crippen LogP contribution in [0.25, 0.3) is 0 Å². The summed E-state index contributed by atoms with van der Waals surface area (Å²) in [6, 6.07) is 1.56. The molecule has 2 rings (SSSR count). The summed E-state index contributed by atoms with van der Waals surface area (Å²) < 4.78 is 0. The minimum absolute atomic E-state index is 0.212. The number of carboxylic acid groups (broad SMARTS) is 1. The van der Waals surface area contributed by atoms with Crippen LogP contribution in [0.1, 0.15) is 29.6 Å². The molecule has 0 aliphatic heterocycles. The summed E-state index contributed by atoms with van der Waals surface area (Å²) in [6.07, 6.45) is 5.58. The molecule has 0 atom stereocenters. The van der Waals surface area contributed by atoms with Gasteiger partial charge in [0.1, 0.15) is 10.8 Å². The average Bonchev–Trinajstić information content (AvgIpc) is 2.26. The van der Waals surface area contributed by atoms with Crippen LogP contribution in [0.3, 0.4) is 0 Å². The van der Waals surface area contributed by atoms with Crippen LogP contribution in [-0.4, -0.2) is 34.1 Å². The molecule has 1 aliphatic rings. The lowest BCUT2D eigenvalue weighted by Crippen LogP contribution is -2.21. The fourth-order valence-corrected chi connectivity index (χ4v) is 2.21. The molecular weight excluding hydrogens is 238 g/mol. The molecule has 5 nitrogen and oxygen atoms in total. The lowest BCUT2D eigenvalue weighted by atomic mass is 9.85. The predicted molar refractivity (Wildman–Crippen MR) is 66.6 cm³/mol. The SMILES string of the molecule is CSc1nnc(NCC2CCC2)cc1C(=O)O.